The zero-order valence-electron chi connectivity index (χ0n) is 10.5. The first kappa shape index (κ1) is 11.9. The second kappa shape index (κ2) is 5.19. The van der Waals surface area contributed by atoms with Gasteiger partial charge in [-0.05, 0) is 37.3 Å². The number of para-hydroxylation sites is 1. The minimum Gasteiger partial charge on any atom is -0.325 e. The first-order valence-corrected chi connectivity index (χ1v) is 6.14. The van der Waals surface area contributed by atoms with Crippen molar-refractivity contribution in [1.82, 2.24) is 5.43 Å². The first-order valence-electron chi connectivity index (χ1n) is 6.14. The quantitative estimate of drug-likeness (QED) is 0.323. The minimum atomic E-state index is 0.447. The van der Waals surface area contributed by atoms with Crippen LogP contribution in [0.2, 0.25) is 0 Å². The third kappa shape index (κ3) is 2.97. The van der Waals surface area contributed by atoms with Crippen molar-refractivity contribution in [1.29, 1.82) is 0 Å². The maximum atomic E-state index is 5.49. The fourth-order valence-corrected chi connectivity index (χ4v) is 1.81. The third-order valence-electron chi connectivity index (χ3n) is 2.98. The lowest BCUT2D eigenvalue weighted by Crippen LogP contribution is -2.37. The van der Waals surface area contributed by atoms with Crippen molar-refractivity contribution in [3.63, 3.8) is 0 Å². The SMILES string of the molecule is CCc1cccc(C)c1NC(=NC1CC1)NN. The van der Waals surface area contributed by atoms with Gasteiger partial charge in [0.1, 0.15) is 0 Å². The molecule has 0 radical (unpaired) electrons. The number of nitrogens with one attached hydrogen (secondary N) is 2. The summed E-state index contributed by atoms with van der Waals surface area (Å²) in [4.78, 5) is 4.49. The van der Waals surface area contributed by atoms with E-state index in [9.17, 15) is 0 Å². The van der Waals surface area contributed by atoms with Crippen LogP contribution in [0.15, 0.2) is 23.2 Å². The van der Waals surface area contributed by atoms with Gasteiger partial charge in [-0.15, -0.1) is 0 Å². The van der Waals surface area contributed by atoms with Crippen LogP contribution in [0.1, 0.15) is 30.9 Å². The van der Waals surface area contributed by atoms with Crippen LogP contribution in [0.5, 0.6) is 0 Å². The van der Waals surface area contributed by atoms with Crippen LogP contribution in [-0.2, 0) is 6.42 Å². The van der Waals surface area contributed by atoms with Crippen LogP contribution in [-0.4, -0.2) is 12.0 Å². The van der Waals surface area contributed by atoms with Crippen molar-refractivity contribution < 1.29 is 0 Å². The number of hydrazine groups is 1. The zero-order valence-corrected chi connectivity index (χ0v) is 10.5. The highest BCUT2D eigenvalue weighted by Crippen LogP contribution is 2.25. The molecule has 4 N–H and O–H groups in total. The number of rotatable bonds is 3. The summed E-state index contributed by atoms with van der Waals surface area (Å²) >= 11 is 0. The zero-order chi connectivity index (χ0) is 12.3. The van der Waals surface area contributed by atoms with Crippen LogP contribution < -0.4 is 16.6 Å². The molecule has 0 atom stereocenters. The Morgan fingerprint density at radius 1 is 1.47 bits per heavy atom. The second-order valence-corrected chi connectivity index (χ2v) is 4.44. The summed E-state index contributed by atoms with van der Waals surface area (Å²) in [5.74, 6) is 6.16. The molecule has 1 fully saturated rings. The van der Waals surface area contributed by atoms with E-state index >= 15 is 0 Å². The Morgan fingerprint density at radius 3 is 2.82 bits per heavy atom. The summed E-state index contributed by atoms with van der Waals surface area (Å²) in [5, 5.41) is 3.30. The Kier molecular flexibility index (Phi) is 3.64. The van der Waals surface area contributed by atoms with Gasteiger partial charge in [0.25, 0.3) is 0 Å². The third-order valence-corrected chi connectivity index (χ3v) is 2.98. The smallest absolute Gasteiger partial charge is 0.210 e. The molecule has 1 aliphatic rings. The molecule has 17 heavy (non-hydrogen) atoms. The molecule has 0 aromatic heterocycles. The molecule has 1 aliphatic carbocycles. The molecular formula is C13H20N4. The highest BCUT2D eigenvalue weighted by atomic mass is 15.3. The normalized spacial score (nSPS) is 15.8. The van der Waals surface area contributed by atoms with E-state index in [4.69, 9.17) is 5.84 Å². The second-order valence-electron chi connectivity index (χ2n) is 4.44. The van der Waals surface area contributed by atoms with Crippen molar-refractivity contribution in [2.45, 2.75) is 39.2 Å². The fraction of sp³-hybridized carbons (Fsp3) is 0.462. The van der Waals surface area contributed by atoms with Crippen molar-refractivity contribution in [2.75, 3.05) is 5.32 Å². The summed E-state index contributed by atoms with van der Waals surface area (Å²) in [6.45, 7) is 4.24. The lowest BCUT2D eigenvalue weighted by Gasteiger charge is -2.15. The highest BCUT2D eigenvalue weighted by Gasteiger charge is 2.21. The van der Waals surface area contributed by atoms with E-state index in [2.05, 4.69) is 47.8 Å². The minimum absolute atomic E-state index is 0.447. The van der Waals surface area contributed by atoms with E-state index in [-0.39, 0.29) is 0 Å². The monoisotopic (exact) mass is 232 g/mol. The molecule has 1 aromatic carbocycles. The fourth-order valence-electron chi connectivity index (χ4n) is 1.81. The molecule has 0 bridgehead atoms. The van der Waals surface area contributed by atoms with E-state index < -0.39 is 0 Å². The van der Waals surface area contributed by atoms with Crippen LogP contribution >= 0.6 is 0 Å². The summed E-state index contributed by atoms with van der Waals surface area (Å²) < 4.78 is 0. The molecule has 0 amide bonds. The largest absolute Gasteiger partial charge is 0.325 e. The summed E-state index contributed by atoms with van der Waals surface area (Å²) in [6.07, 6.45) is 3.33. The summed E-state index contributed by atoms with van der Waals surface area (Å²) in [5.41, 5.74) is 6.25. The number of anilines is 1. The van der Waals surface area contributed by atoms with Gasteiger partial charge in [-0.3, -0.25) is 5.43 Å². The van der Waals surface area contributed by atoms with Crippen LogP contribution in [0.3, 0.4) is 0 Å². The maximum absolute atomic E-state index is 5.49. The van der Waals surface area contributed by atoms with Crippen molar-refractivity contribution in [3.8, 4) is 0 Å². The van der Waals surface area contributed by atoms with Crippen molar-refractivity contribution in [2.24, 2.45) is 10.8 Å². The Labute approximate surface area is 102 Å². The molecule has 0 saturated heterocycles. The number of aryl methyl sites for hydroxylation is 2. The van der Waals surface area contributed by atoms with E-state index in [0.29, 0.717) is 12.0 Å². The number of aliphatic imine (C=N–C) groups is 1. The van der Waals surface area contributed by atoms with Gasteiger partial charge in [0.05, 0.1) is 6.04 Å². The average Bonchev–Trinajstić information content (AvgIpc) is 3.14. The van der Waals surface area contributed by atoms with Crippen LogP contribution in [0, 0.1) is 6.92 Å². The van der Waals surface area contributed by atoms with Gasteiger partial charge in [0.2, 0.25) is 5.96 Å². The molecule has 2 rings (SSSR count). The maximum Gasteiger partial charge on any atom is 0.210 e. The molecule has 1 saturated carbocycles. The van der Waals surface area contributed by atoms with Crippen molar-refractivity contribution in [3.05, 3.63) is 29.3 Å². The molecule has 92 valence electrons. The van der Waals surface area contributed by atoms with Gasteiger partial charge >= 0.3 is 0 Å². The number of nitrogens with zero attached hydrogens (tertiary/aromatic N) is 1. The van der Waals surface area contributed by atoms with Gasteiger partial charge in [-0.1, -0.05) is 25.1 Å². The van der Waals surface area contributed by atoms with Crippen LogP contribution in [0.4, 0.5) is 5.69 Å². The molecular weight excluding hydrogens is 212 g/mol. The van der Waals surface area contributed by atoms with Gasteiger partial charge < -0.3 is 5.32 Å². The Bertz CT molecular complexity index is 421. The topological polar surface area (TPSA) is 62.4 Å². The molecule has 0 unspecified atom stereocenters. The molecule has 0 heterocycles. The molecule has 4 nitrogen and oxygen atoms in total. The molecule has 1 aromatic rings. The summed E-state index contributed by atoms with van der Waals surface area (Å²) in [6, 6.07) is 6.74. The average molecular weight is 232 g/mol. The van der Waals surface area contributed by atoms with Crippen molar-refractivity contribution >= 4 is 11.6 Å². The predicted molar refractivity (Wildman–Crippen MR) is 72.0 cm³/mol. The van der Waals surface area contributed by atoms with Gasteiger partial charge in [0, 0.05) is 5.69 Å². The standard InChI is InChI=1S/C13H20N4/c1-3-10-6-4-5-9(2)12(10)16-13(17-14)15-11-7-8-11/h4-6,11H,3,7-8,14H2,1-2H3,(H2,15,16,17). The van der Waals surface area contributed by atoms with Gasteiger partial charge in [0.15, 0.2) is 0 Å². The lowest BCUT2D eigenvalue weighted by atomic mass is 10.1. The number of hydrogen-bond donors (Lipinski definition) is 3. The molecule has 0 spiro atoms. The Hall–Kier alpha value is -1.55. The van der Waals surface area contributed by atoms with Crippen LogP contribution in [0.25, 0.3) is 0 Å². The lowest BCUT2D eigenvalue weighted by molar-refractivity contribution is 0.964. The van der Waals surface area contributed by atoms with Gasteiger partial charge in [-0.2, -0.15) is 0 Å². The Morgan fingerprint density at radius 2 is 2.24 bits per heavy atom. The number of guanidine groups is 1. The van der Waals surface area contributed by atoms with Gasteiger partial charge in [-0.25, -0.2) is 10.8 Å². The first-order chi connectivity index (χ1) is 8.24. The number of benzene rings is 1. The van der Waals surface area contributed by atoms with E-state index in [1.165, 1.54) is 24.0 Å². The molecule has 4 heteroatoms. The number of hydrogen-bond acceptors (Lipinski definition) is 2. The van der Waals surface area contributed by atoms with E-state index in [1.807, 2.05) is 0 Å². The Balaban J connectivity index is 2.21. The predicted octanol–water partition coefficient (Wildman–Crippen LogP) is 1.95. The number of nitrogens with two attached hydrogens (primary N) is 1. The summed E-state index contributed by atoms with van der Waals surface area (Å²) in [7, 11) is 0. The van der Waals surface area contributed by atoms with E-state index in [1.54, 1.807) is 0 Å². The highest BCUT2D eigenvalue weighted by molar-refractivity contribution is 5.94. The molecule has 0 aliphatic heterocycles. The van der Waals surface area contributed by atoms with E-state index in [0.717, 1.165) is 12.1 Å².